The largest absolute Gasteiger partial charge is 0.426 e. The van der Waals surface area contributed by atoms with Crippen LogP contribution in [-0.4, -0.2) is 5.75 Å². The Morgan fingerprint density at radius 2 is 1.82 bits per heavy atom. The van der Waals surface area contributed by atoms with Gasteiger partial charge in [-0.25, -0.2) is 0 Å². The number of benzene rings is 1. The maximum Gasteiger partial charge on any atom is 0.137 e. The lowest BCUT2D eigenvalue weighted by molar-refractivity contribution is 0.443. The smallest absolute Gasteiger partial charge is 0.137 e. The molecule has 0 heterocycles. The molecule has 0 N–H and O–H groups in total. The second-order valence-electron chi connectivity index (χ2n) is 4.81. The molecule has 0 atom stereocenters. The summed E-state index contributed by atoms with van der Waals surface area (Å²) in [6, 6.07) is 8.73. The van der Waals surface area contributed by atoms with Crippen LogP contribution in [0.5, 0.6) is 5.75 Å². The molecule has 2 rings (SSSR count). The maximum absolute atomic E-state index is 5.61. The Bertz CT molecular complexity index is 314. The zero-order valence-corrected chi connectivity index (χ0v) is 11.5. The molecule has 0 spiro atoms. The summed E-state index contributed by atoms with van der Waals surface area (Å²) >= 11 is 1.55. The molecule has 0 unspecified atom stereocenters. The molecule has 17 heavy (non-hydrogen) atoms. The van der Waals surface area contributed by atoms with Crippen LogP contribution in [0.3, 0.4) is 0 Å². The van der Waals surface area contributed by atoms with Gasteiger partial charge in [0.05, 0.1) is 12.0 Å². The van der Waals surface area contributed by atoms with Crippen LogP contribution in [0.1, 0.15) is 56.9 Å². The minimum absolute atomic E-state index is 0.793. The Hall–Kier alpha value is -0.630. The Labute approximate surface area is 109 Å². The van der Waals surface area contributed by atoms with Crippen molar-refractivity contribution in [2.75, 3.05) is 5.75 Å². The predicted molar refractivity (Wildman–Crippen MR) is 75.6 cm³/mol. The van der Waals surface area contributed by atoms with Crippen molar-refractivity contribution in [1.82, 2.24) is 0 Å². The highest BCUT2D eigenvalue weighted by Gasteiger charge is 2.15. The van der Waals surface area contributed by atoms with Gasteiger partial charge in [0.1, 0.15) is 5.75 Å². The molecule has 1 saturated carbocycles. The van der Waals surface area contributed by atoms with Crippen LogP contribution in [0.2, 0.25) is 0 Å². The van der Waals surface area contributed by atoms with E-state index in [0.717, 1.165) is 23.8 Å². The van der Waals surface area contributed by atoms with E-state index in [1.807, 2.05) is 0 Å². The van der Waals surface area contributed by atoms with Gasteiger partial charge in [0, 0.05) is 5.75 Å². The molecule has 0 bridgehead atoms. The summed E-state index contributed by atoms with van der Waals surface area (Å²) in [6.45, 7) is 2.17. The summed E-state index contributed by atoms with van der Waals surface area (Å²) in [4.78, 5) is 0. The van der Waals surface area contributed by atoms with Gasteiger partial charge in [0.25, 0.3) is 0 Å². The maximum atomic E-state index is 5.61. The lowest BCUT2D eigenvalue weighted by Gasteiger charge is -2.21. The molecule has 1 aromatic rings. The van der Waals surface area contributed by atoms with Gasteiger partial charge in [0.2, 0.25) is 0 Å². The quantitative estimate of drug-likeness (QED) is 0.526. The lowest BCUT2D eigenvalue weighted by Crippen LogP contribution is -2.04. The Morgan fingerprint density at radius 1 is 1.12 bits per heavy atom. The first kappa shape index (κ1) is 12.8. The van der Waals surface area contributed by atoms with Crippen LogP contribution >= 0.6 is 12.0 Å². The van der Waals surface area contributed by atoms with Crippen molar-refractivity contribution in [2.24, 2.45) is 0 Å². The van der Waals surface area contributed by atoms with Crippen LogP contribution in [-0.2, 0) is 0 Å². The highest BCUT2D eigenvalue weighted by Crippen LogP contribution is 2.33. The Balaban J connectivity index is 1.88. The first-order valence-corrected chi connectivity index (χ1v) is 7.70. The van der Waals surface area contributed by atoms with Crippen LogP contribution < -0.4 is 4.18 Å². The zero-order valence-electron chi connectivity index (χ0n) is 10.7. The van der Waals surface area contributed by atoms with Crippen LogP contribution in [0.4, 0.5) is 0 Å². The molecule has 1 nitrogen and oxygen atoms in total. The van der Waals surface area contributed by atoms with Gasteiger partial charge in [-0.1, -0.05) is 38.3 Å². The minimum atomic E-state index is 0.793. The van der Waals surface area contributed by atoms with Crippen molar-refractivity contribution in [3.05, 3.63) is 29.8 Å². The fraction of sp³-hybridized carbons (Fsp3) is 0.600. The van der Waals surface area contributed by atoms with Gasteiger partial charge in [-0.15, -0.1) is 0 Å². The van der Waals surface area contributed by atoms with E-state index >= 15 is 0 Å². The summed E-state index contributed by atoms with van der Waals surface area (Å²) in [5.41, 5.74) is 1.50. The van der Waals surface area contributed by atoms with E-state index < -0.39 is 0 Å². The van der Waals surface area contributed by atoms with Crippen molar-refractivity contribution in [3.63, 3.8) is 0 Å². The first-order chi connectivity index (χ1) is 8.40. The highest BCUT2D eigenvalue weighted by molar-refractivity contribution is 7.95. The van der Waals surface area contributed by atoms with Gasteiger partial charge in [-0.05, 0) is 42.9 Å². The van der Waals surface area contributed by atoms with E-state index in [2.05, 4.69) is 31.2 Å². The highest BCUT2D eigenvalue weighted by atomic mass is 32.2. The topological polar surface area (TPSA) is 9.23 Å². The third-order valence-corrected chi connectivity index (χ3v) is 4.28. The summed E-state index contributed by atoms with van der Waals surface area (Å²) < 4.78 is 5.61. The van der Waals surface area contributed by atoms with Crippen LogP contribution in [0, 0.1) is 0 Å². The molecule has 94 valence electrons. The van der Waals surface area contributed by atoms with Crippen molar-refractivity contribution in [2.45, 2.75) is 51.4 Å². The molecule has 0 radical (unpaired) electrons. The normalized spacial score (nSPS) is 17.0. The van der Waals surface area contributed by atoms with Crippen molar-refractivity contribution >= 4 is 12.0 Å². The van der Waals surface area contributed by atoms with E-state index in [4.69, 9.17) is 4.18 Å². The van der Waals surface area contributed by atoms with E-state index in [-0.39, 0.29) is 0 Å². The van der Waals surface area contributed by atoms with E-state index in [9.17, 15) is 0 Å². The van der Waals surface area contributed by atoms with E-state index in [1.54, 1.807) is 12.0 Å². The third-order valence-electron chi connectivity index (χ3n) is 3.40. The summed E-state index contributed by atoms with van der Waals surface area (Å²) in [6.07, 6.45) is 8.11. The molecule has 0 aromatic heterocycles. The number of hydrogen-bond acceptors (Lipinski definition) is 2. The second-order valence-corrected chi connectivity index (χ2v) is 5.62. The second kappa shape index (κ2) is 6.95. The molecular weight excluding hydrogens is 228 g/mol. The number of rotatable bonds is 5. The molecule has 1 aliphatic carbocycles. The van der Waals surface area contributed by atoms with E-state index in [0.29, 0.717) is 0 Å². The molecule has 0 saturated heterocycles. The van der Waals surface area contributed by atoms with Gasteiger partial charge < -0.3 is 4.18 Å². The zero-order chi connectivity index (χ0) is 11.9. The first-order valence-electron chi connectivity index (χ1n) is 6.79. The third kappa shape index (κ3) is 3.95. The van der Waals surface area contributed by atoms with Crippen LogP contribution in [0.25, 0.3) is 0 Å². The number of hydrogen-bond donors (Lipinski definition) is 0. The van der Waals surface area contributed by atoms with E-state index in [1.165, 1.54) is 37.7 Å². The van der Waals surface area contributed by atoms with Crippen LogP contribution in [0.15, 0.2) is 24.3 Å². The molecule has 0 aliphatic heterocycles. The van der Waals surface area contributed by atoms with Gasteiger partial charge >= 0.3 is 0 Å². The average molecular weight is 250 g/mol. The summed E-state index contributed by atoms with van der Waals surface area (Å²) in [5.74, 6) is 2.84. The molecular formula is C15H22OS. The van der Waals surface area contributed by atoms with Gasteiger partial charge in [-0.2, -0.15) is 0 Å². The fourth-order valence-electron chi connectivity index (χ4n) is 2.42. The molecule has 0 amide bonds. The van der Waals surface area contributed by atoms with Crippen molar-refractivity contribution < 1.29 is 4.18 Å². The summed E-state index contributed by atoms with van der Waals surface area (Å²) in [7, 11) is 0. The van der Waals surface area contributed by atoms with Gasteiger partial charge in [-0.3, -0.25) is 0 Å². The lowest BCUT2D eigenvalue weighted by atomic mass is 9.84. The standard InChI is InChI=1S/C15H22OS/c1-2-12-17-16-15-10-8-14(9-11-15)13-6-4-3-5-7-13/h8-11,13H,2-7,12H2,1H3. The summed E-state index contributed by atoms with van der Waals surface area (Å²) in [5, 5.41) is 0. The molecule has 1 fully saturated rings. The Kier molecular flexibility index (Phi) is 5.24. The molecule has 1 aromatic carbocycles. The van der Waals surface area contributed by atoms with Crippen molar-refractivity contribution in [3.8, 4) is 5.75 Å². The molecule has 2 heteroatoms. The van der Waals surface area contributed by atoms with Crippen molar-refractivity contribution in [1.29, 1.82) is 0 Å². The SMILES string of the molecule is CCCSOc1ccc(C2CCCCC2)cc1. The predicted octanol–water partition coefficient (Wildman–Crippen LogP) is 5.17. The monoisotopic (exact) mass is 250 g/mol. The minimum Gasteiger partial charge on any atom is -0.426 e. The fourth-order valence-corrected chi connectivity index (χ4v) is 2.92. The molecule has 1 aliphatic rings. The average Bonchev–Trinajstić information content (AvgIpc) is 2.41. The Morgan fingerprint density at radius 3 is 2.47 bits per heavy atom. The van der Waals surface area contributed by atoms with Gasteiger partial charge in [0.15, 0.2) is 0 Å².